The van der Waals surface area contributed by atoms with Crippen molar-refractivity contribution in [3.63, 3.8) is 0 Å². The summed E-state index contributed by atoms with van der Waals surface area (Å²) in [4.78, 5) is 27.1. The largest absolute Gasteiger partial charge is 0.462 e. The summed E-state index contributed by atoms with van der Waals surface area (Å²) in [6.45, 7) is 7.89. The van der Waals surface area contributed by atoms with Crippen LogP contribution in [0, 0.1) is 0 Å². The second-order valence-electron chi connectivity index (χ2n) is 10.9. The highest BCUT2D eigenvalue weighted by molar-refractivity contribution is 7.93. The number of carbonyl (C=O) groups excluding carboxylic acids is 2. The lowest BCUT2D eigenvalue weighted by Crippen LogP contribution is -2.37. The first-order chi connectivity index (χ1) is 20.4. The number of carbonyl (C=O) groups is 2. The molecule has 0 unspecified atom stereocenters. The van der Waals surface area contributed by atoms with Gasteiger partial charge in [-0.25, -0.2) is 13.2 Å². The Hall–Kier alpha value is -4.40. The van der Waals surface area contributed by atoms with E-state index in [0.717, 1.165) is 9.87 Å². The first-order valence-corrected chi connectivity index (χ1v) is 15.5. The molecule has 0 fully saturated rings. The first-order valence-electron chi connectivity index (χ1n) is 13.7. The van der Waals surface area contributed by atoms with E-state index in [1.807, 2.05) is 39.0 Å². The number of hydrogen-bond acceptors (Lipinski definition) is 6. The fraction of sp³-hybridized carbons (Fsp3) is 0.176. The average Bonchev–Trinajstić information content (AvgIpc) is 3.37. The molecule has 5 rings (SSSR count). The molecule has 1 amide bonds. The fourth-order valence-corrected chi connectivity index (χ4v) is 6.25. The van der Waals surface area contributed by atoms with Gasteiger partial charge in [0.25, 0.3) is 15.9 Å². The Morgan fingerprint density at radius 1 is 0.884 bits per heavy atom. The average molecular weight is 616 g/mol. The lowest BCUT2D eigenvalue weighted by atomic mass is 9.87. The van der Waals surface area contributed by atoms with Crippen molar-refractivity contribution in [2.75, 3.05) is 10.9 Å². The summed E-state index contributed by atoms with van der Waals surface area (Å²) in [7, 11) is -4.43. The van der Waals surface area contributed by atoms with E-state index in [0.29, 0.717) is 21.6 Å². The second-order valence-corrected chi connectivity index (χ2v) is 13.2. The van der Waals surface area contributed by atoms with Crippen LogP contribution in [0.15, 0.2) is 106 Å². The summed E-state index contributed by atoms with van der Waals surface area (Å²) < 4.78 is 40.6. The maximum atomic E-state index is 14.2. The Bertz CT molecular complexity index is 1910. The van der Waals surface area contributed by atoms with Crippen molar-refractivity contribution >= 4 is 50.2 Å². The highest BCUT2D eigenvalue weighted by Gasteiger charge is 2.34. The van der Waals surface area contributed by atoms with Crippen LogP contribution in [0.5, 0.6) is 0 Å². The fourth-order valence-electron chi connectivity index (χ4n) is 4.72. The quantitative estimate of drug-likeness (QED) is 0.171. The summed E-state index contributed by atoms with van der Waals surface area (Å²) >= 11 is 6.04. The van der Waals surface area contributed by atoms with E-state index in [4.69, 9.17) is 20.8 Å². The molecule has 7 nitrogen and oxygen atoms in total. The number of benzene rings is 4. The SMILES string of the molecule is CCOC(=O)c1c(-c2ccccc2)oc2ccc(N(C(=O)c3ccc(Cl)cc3)S(=O)(=O)c3ccc(C(C)(C)C)cc3)cc12. The third kappa shape index (κ3) is 5.94. The van der Waals surface area contributed by atoms with E-state index in [2.05, 4.69) is 0 Å². The molecule has 43 heavy (non-hydrogen) atoms. The zero-order valence-corrected chi connectivity index (χ0v) is 25.7. The molecule has 0 bridgehead atoms. The monoisotopic (exact) mass is 615 g/mol. The van der Waals surface area contributed by atoms with Gasteiger partial charge in [0.15, 0.2) is 0 Å². The van der Waals surface area contributed by atoms with Crippen molar-refractivity contribution in [1.82, 2.24) is 0 Å². The molecule has 1 aromatic heterocycles. The molecule has 4 aromatic carbocycles. The maximum Gasteiger partial charge on any atom is 0.342 e. The van der Waals surface area contributed by atoms with Crippen LogP contribution in [0.3, 0.4) is 0 Å². The number of sulfonamides is 1. The van der Waals surface area contributed by atoms with Crippen molar-refractivity contribution in [3.05, 3.63) is 119 Å². The van der Waals surface area contributed by atoms with Crippen molar-refractivity contribution in [3.8, 4) is 11.3 Å². The number of fused-ring (bicyclic) bond motifs is 1. The number of hydrogen-bond donors (Lipinski definition) is 0. The van der Waals surface area contributed by atoms with Crippen molar-refractivity contribution in [1.29, 1.82) is 0 Å². The molecule has 0 saturated carbocycles. The predicted molar refractivity (Wildman–Crippen MR) is 168 cm³/mol. The van der Waals surface area contributed by atoms with Gasteiger partial charge in [-0.1, -0.05) is 74.8 Å². The Kier molecular flexibility index (Phi) is 8.18. The summed E-state index contributed by atoms with van der Waals surface area (Å²) in [5.41, 5.74) is 1.99. The van der Waals surface area contributed by atoms with Crippen molar-refractivity contribution in [2.24, 2.45) is 0 Å². The van der Waals surface area contributed by atoms with Gasteiger partial charge in [-0.2, -0.15) is 4.31 Å². The molecule has 0 N–H and O–H groups in total. The zero-order chi connectivity index (χ0) is 30.9. The molecule has 0 saturated heterocycles. The van der Waals surface area contributed by atoms with Crippen LogP contribution < -0.4 is 4.31 Å². The molecule has 9 heteroatoms. The molecular formula is C34H30ClNO6S. The molecule has 1 heterocycles. The van der Waals surface area contributed by atoms with Crippen molar-refractivity contribution in [2.45, 2.75) is 38.0 Å². The summed E-state index contributed by atoms with van der Waals surface area (Å²) in [6.07, 6.45) is 0. The Morgan fingerprint density at radius 3 is 2.14 bits per heavy atom. The molecule has 5 aromatic rings. The van der Waals surface area contributed by atoms with Gasteiger partial charge in [-0.3, -0.25) is 4.79 Å². The number of nitrogens with zero attached hydrogens (tertiary/aromatic N) is 1. The summed E-state index contributed by atoms with van der Waals surface area (Å²) in [5, 5.41) is 0.707. The van der Waals surface area contributed by atoms with Crippen LogP contribution >= 0.6 is 11.6 Å². The topological polar surface area (TPSA) is 93.9 Å². The van der Waals surface area contributed by atoms with Crippen LogP contribution in [0.1, 0.15) is 54.0 Å². The molecule has 0 radical (unpaired) electrons. The predicted octanol–water partition coefficient (Wildman–Crippen LogP) is 8.26. The second kappa shape index (κ2) is 11.7. The van der Waals surface area contributed by atoms with Gasteiger partial charge in [0.05, 0.1) is 17.2 Å². The number of furan rings is 1. The zero-order valence-electron chi connectivity index (χ0n) is 24.1. The van der Waals surface area contributed by atoms with E-state index >= 15 is 0 Å². The van der Waals surface area contributed by atoms with Gasteiger partial charge in [0.1, 0.15) is 16.9 Å². The van der Waals surface area contributed by atoms with Gasteiger partial charge in [-0.05, 0) is 72.5 Å². The van der Waals surface area contributed by atoms with E-state index in [-0.39, 0.29) is 39.5 Å². The maximum absolute atomic E-state index is 14.2. The minimum atomic E-state index is -4.43. The first kappa shape index (κ1) is 30.1. The third-order valence-electron chi connectivity index (χ3n) is 6.96. The molecule has 0 aliphatic carbocycles. The number of anilines is 1. The third-order valence-corrected chi connectivity index (χ3v) is 8.93. The number of ether oxygens (including phenoxy) is 1. The number of halogens is 1. The number of amides is 1. The minimum absolute atomic E-state index is 0.0262. The van der Waals surface area contributed by atoms with Crippen LogP contribution in [0.4, 0.5) is 5.69 Å². The van der Waals surface area contributed by atoms with Crippen molar-refractivity contribution < 1.29 is 27.2 Å². The van der Waals surface area contributed by atoms with Gasteiger partial charge in [0.2, 0.25) is 0 Å². The number of rotatable bonds is 7. The van der Waals surface area contributed by atoms with Crippen LogP contribution in [-0.2, 0) is 20.2 Å². The van der Waals surface area contributed by atoms with E-state index < -0.39 is 21.9 Å². The van der Waals surface area contributed by atoms with E-state index in [9.17, 15) is 18.0 Å². The summed E-state index contributed by atoms with van der Waals surface area (Å²) in [5.74, 6) is -1.14. The highest BCUT2D eigenvalue weighted by atomic mass is 35.5. The lowest BCUT2D eigenvalue weighted by molar-refractivity contribution is 0.0528. The van der Waals surface area contributed by atoms with Crippen LogP contribution in [-0.4, -0.2) is 26.9 Å². The van der Waals surface area contributed by atoms with Gasteiger partial charge >= 0.3 is 5.97 Å². The van der Waals surface area contributed by atoms with E-state index in [1.165, 1.54) is 48.5 Å². The Balaban J connectivity index is 1.72. The Labute approximate surface area is 255 Å². The molecule has 0 atom stereocenters. The molecule has 0 spiro atoms. The molecule has 220 valence electrons. The smallest absolute Gasteiger partial charge is 0.342 e. The van der Waals surface area contributed by atoms with E-state index in [1.54, 1.807) is 37.3 Å². The van der Waals surface area contributed by atoms with Crippen LogP contribution in [0.25, 0.3) is 22.3 Å². The molecule has 0 aliphatic heterocycles. The van der Waals surface area contributed by atoms with Gasteiger partial charge < -0.3 is 9.15 Å². The lowest BCUT2D eigenvalue weighted by Gasteiger charge is -2.24. The Morgan fingerprint density at radius 2 is 1.53 bits per heavy atom. The minimum Gasteiger partial charge on any atom is -0.462 e. The molecule has 0 aliphatic rings. The van der Waals surface area contributed by atoms with Crippen LogP contribution in [0.2, 0.25) is 5.02 Å². The summed E-state index contributed by atoms with van der Waals surface area (Å²) in [6, 6.07) is 26.0. The van der Waals surface area contributed by atoms with Gasteiger partial charge in [0, 0.05) is 21.5 Å². The normalized spacial score (nSPS) is 11.8. The number of esters is 1. The molecular weight excluding hydrogens is 586 g/mol. The standard InChI is InChI=1S/C34H30ClNO6S/c1-5-41-33(38)30-28-21-26(17-20-29(28)42-31(30)22-9-7-6-8-10-22)36(32(37)23-11-15-25(35)16-12-23)43(39,40)27-18-13-24(14-19-27)34(2,3)4/h6-21H,5H2,1-4H3. The highest BCUT2D eigenvalue weighted by Crippen LogP contribution is 2.38. The van der Waals surface area contributed by atoms with Gasteiger partial charge in [-0.15, -0.1) is 0 Å².